The van der Waals surface area contributed by atoms with E-state index in [1.54, 1.807) is 0 Å². The molecule has 1 aliphatic rings. The highest BCUT2D eigenvalue weighted by atomic mass is 15.2. The van der Waals surface area contributed by atoms with Crippen LogP contribution in [0.25, 0.3) is 10.8 Å². The number of rotatable bonds is 3. The maximum atomic E-state index is 2.31. The third-order valence-corrected chi connectivity index (χ3v) is 5.43. The van der Waals surface area contributed by atoms with Crippen LogP contribution in [0.2, 0.25) is 0 Å². The van der Waals surface area contributed by atoms with Crippen molar-refractivity contribution in [1.29, 1.82) is 0 Å². The van der Waals surface area contributed by atoms with Crippen molar-refractivity contribution in [2.24, 2.45) is 0 Å². The molecule has 0 aromatic heterocycles. The van der Waals surface area contributed by atoms with Gasteiger partial charge in [0.1, 0.15) is 11.4 Å². The second-order valence-corrected chi connectivity index (χ2v) is 7.55. The maximum absolute atomic E-state index is 2.31. The van der Waals surface area contributed by atoms with Crippen LogP contribution in [0.1, 0.15) is 5.56 Å². The van der Waals surface area contributed by atoms with Crippen LogP contribution in [0.4, 0.5) is 22.7 Å². The summed E-state index contributed by atoms with van der Waals surface area (Å²) < 4.78 is 2.31. The number of nitrogens with zero attached hydrogens (tertiary/aromatic N) is 4. The molecule has 4 nitrogen and oxygen atoms in total. The second-order valence-electron chi connectivity index (χ2n) is 7.55. The van der Waals surface area contributed by atoms with Crippen molar-refractivity contribution >= 4 is 39.4 Å². The summed E-state index contributed by atoms with van der Waals surface area (Å²) in [5.74, 6) is 1.19. The highest BCUT2D eigenvalue weighted by molar-refractivity contribution is 6.20. The van der Waals surface area contributed by atoms with Gasteiger partial charge in [-0.1, -0.05) is 18.2 Å². The molecular formula is C23H27N4+. The minimum atomic E-state index is 1.19. The molecule has 138 valence electrons. The topological polar surface area (TPSA) is 12.7 Å². The zero-order valence-corrected chi connectivity index (χ0v) is 17.0. The molecule has 0 bridgehead atoms. The van der Waals surface area contributed by atoms with Gasteiger partial charge in [0.25, 0.3) is 5.84 Å². The first-order valence-electron chi connectivity index (χ1n) is 9.26. The van der Waals surface area contributed by atoms with Crippen LogP contribution in [0, 0.1) is 0 Å². The molecule has 0 unspecified atom stereocenters. The predicted molar refractivity (Wildman–Crippen MR) is 117 cm³/mol. The second kappa shape index (κ2) is 6.31. The van der Waals surface area contributed by atoms with Gasteiger partial charge in [-0.3, -0.25) is 0 Å². The van der Waals surface area contributed by atoms with Gasteiger partial charge < -0.3 is 9.80 Å². The lowest BCUT2D eigenvalue weighted by molar-refractivity contribution is -0.404. The Balaban J connectivity index is 2.12. The molecule has 0 aliphatic carbocycles. The van der Waals surface area contributed by atoms with Gasteiger partial charge in [0.2, 0.25) is 0 Å². The Labute approximate surface area is 161 Å². The van der Waals surface area contributed by atoms with Gasteiger partial charge in [-0.25, -0.2) is 9.48 Å². The zero-order chi connectivity index (χ0) is 19.3. The molecule has 0 spiro atoms. The Bertz CT molecular complexity index is 1030. The highest BCUT2D eigenvalue weighted by Crippen LogP contribution is 2.46. The number of hydrogen-bond acceptors (Lipinski definition) is 3. The Morgan fingerprint density at radius 1 is 0.741 bits per heavy atom. The third-order valence-electron chi connectivity index (χ3n) is 5.43. The van der Waals surface area contributed by atoms with E-state index in [4.69, 9.17) is 0 Å². The van der Waals surface area contributed by atoms with E-state index in [0.29, 0.717) is 0 Å². The Morgan fingerprint density at radius 3 is 1.93 bits per heavy atom. The number of hydrogen-bond donors (Lipinski definition) is 0. The molecular weight excluding hydrogens is 332 g/mol. The van der Waals surface area contributed by atoms with E-state index >= 15 is 0 Å². The van der Waals surface area contributed by atoms with Crippen molar-refractivity contribution < 1.29 is 4.58 Å². The fourth-order valence-corrected chi connectivity index (χ4v) is 4.16. The van der Waals surface area contributed by atoms with Crippen LogP contribution >= 0.6 is 0 Å². The smallest absolute Gasteiger partial charge is 0.289 e. The first-order chi connectivity index (χ1) is 12.9. The Morgan fingerprint density at radius 2 is 1.33 bits per heavy atom. The molecule has 0 radical (unpaired) electrons. The van der Waals surface area contributed by atoms with E-state index in [-0.39, 0.29) is 0 Å². The van der Waals surface area contributed by atoms with Crippen molar-refractivity contribution in [3.05, 3.63) is 60.2 Å². The van der Waals surface area contributed by atoms with Crippen molar-refractivity contribution in [2.45, 2.75) is 0 Å². The number of anilines is 3. The SMILES string of the molecule is CN(C)c1ccc2c3c(ccc(N(C)C)c13)[N+](C)=C(c1ccccc1)N2C. The Hall–Kier alpha value is -3.01. The van der Waals surface area contributed by atoms with Crippen LogP contribution in [0.15, 0.2) is 54.6 Å². The number of benzene rings is 3. The van der Waals surface area contributed by atoms with Gasteiger partial charge in [0.05, 0.1) is 25.0 Å². The largest absolute Gasteiger partial charge is 0.377 e. The van der Waals surface area contributed by atoms with E-state index in [2.05, 4.69) is 116 Å². The first kappa shape index (κ1) is 17.4. The fraction of sp³-hybridized carbons (Fsp3) is 0.261. The quantitative estimate of drug-likeness (QED) is 0.652. The van der Waals surface area contributed by atoms with E-state index in [1.165, 1.54) is 44.9 Å². The summed E-state index contributed by atoms with van der Waals surface area (Å²) in [6.07, 6.45) is 0. The molecule has 4 heteroatoms. The molecule has 1 heterocycles. The lowest BCUT2D eigenvalue weighted by Crippen LogP contribution is -2.36. The van der Waals surface area contributed by atoms with Gasteiger partial charge in [0.15, 0.2) is 0 Å². The minimum absolute atomic E-state index is 1.19. The Kier molecular flexibility index (Phi) is 4.06. The van der Waals surface area contributed by atoms with Crippen LogP contribution < -0.4 is 14.7 Å². The standard InChI is InChI=1S/C23H27N4/c1-24(2)17-12-14-19-22-20(15-13-18(21(17)22)25(3)4)27(6)23(26(19)5)16-10-8-7-9-11-16/h7-15H,1-6H3/q+1. The lowest BCUT2D eigenvalue weighted by atomic mass is 9.98. The van der Waals surface area contributed by atoms with E-state index < -0.39 is 0 Å². The summed E-state index contributed by atoms with van der Waals surface area (Å²) in [5, 5.41) is 2.60. The van der Waals surface area contributed by atoms with Crippen LogP contribution in [0.3, 0.4) is 0 Å². The molecule has 3 aromatic rings. The molecule has 1 aliphatic heterocycles. The van der Waals surface area contributed by atoms with Gasteiger partial charge >= 0.3 is 0 Å². The first-order valence-corrected chi connectivity index (χ1v) is 9.26. The fourth-order valence-electron chi connectivity index (χ4n) is 4.16. The van der Waals surface area contributed by atoms with Crippen LogP contribution in [0.5, 0.6) is 0 Å². The number of amidine groups is 1. The summed E-state index contributed by atoms with van der Waals surface area (Å²) >= 11 is 0. The average Bonchev–Trinajstić information content (AvgIpc) is 2.65. The van der Waals surface area contributed by atoms with Gasteiger partial charge in [0, 0.05) is 45.0 Å². The van der Waals surface area contributed by atoms with E-state index in [1.807, 2.05) is 0 Å². The van der Waals surface area contributed by atoms with E-state index in [9.17, 15) is 0 Å². The van der Waals surface area contributed by atoms with Crippen molar-refractivity contribution in [3.63, 3.8) is 0 Å². The summed E-state index contributed by atoms with van der Waals surface area (Å²) in [6, 6.07) is 19.6. The highest BCUT2D eigenvalue weighted by Gasteiger charge is 2.33. The summed E-state index contributed by atoms with van der Waals surface area (Å²) in [7, 11) is 12.8. The van der Waals surface area contributed by atoms with Crippen molar-refractivity contribution in [3.8, 4) is 0 Å². The maximum Gasteiger partial charge on any atom is 0.289 e. The molecule has 0 atom stereocenters. The predicted octanol–water partition coefficient (Wildman–Crippen LogP) is 4.14. The van der Waals surface area contributed by atoms with E-state index in [0.717, 1.165) is 0 Å². The summed E-state index contributed by atoms with van der Waals surface area (Å²) in [4.78, 5) is 6.71. The molecule has 0 fully saturated rings. The molecule has 3 aromatic carbocycles. The molecule has 0 N–H and O–H groups in total. The normalized spacial score (nSPS) is 13.3. The van der Waals surface area contributed by atoms with Crippen molar-refractivity contribution in [2.75, 3.05) is 57.0 Å². The minimum Gasteiger partial charge on any atom is -0.377 e. The average molecular weight is 359 g/mol. The summed E-state index contributed by atoms with van der Waals surface area (Å²) in [6.45, 7) is 0. The molecule has 0 saturated carbocycles. The summed E-state index contributed by atoms with van der Waals surface area (Å²) in [5.41, 5.74) is 6.18. The van der Waals surface area contributed by atoms with Crippen LogP contribution in [-0.2, 0) is 0 Å². The van der Waals surface area contributed by atoms with Gasteiger partial charge in [-0.2, -0.15) is 0 Å². The molecule has 0 saturated heterocycles. The molecule has 4 rings (SSSR count). The monoisotopic (exact) mass is 359 g/mol. The zero-order valence-electron chi connectivity index (χ0n) is 17.0. The van der Waals surface area contributed by atoms with Gasteiger partial charge in [-0.05, 0) is 36.4 Å². The van der Waals surface area contributed by atoms with Gasteiger partial charge in [-0.15, -0.1) is 0 Å². The molecule has 27 heavy (non-hydrogen) atoms. The third kappa shape index (κ3) is 2.55. The van der Waals surface area contributed by atoms with Crippen molar-refractivity contribution in [1.82, 2.24) is 0 Å². The molecule has 0 amide bonds. The lowest BCUT2D eigenvalue weighted by Gasteiger charge is -2.29. The van der Waals surface area contributed by atoms with Crippen LogP contribution in [-0.4, -0.2) is 52.7 Å².